The van der Waals surface area contributed by atoms with Crippen molar-refractivity contribution in [1.82, 2.24) is 9.97 Å². The van der Waals surface area contributed by atoms with E-state index in [9.17, 15) is 0 Å². The lowest BCUT2D eigenvalue weighted by molar-refractivity contribution is 0.607. The van der Waals surface area contributed by atoms with Crippen LogP contribution in [0.4, 0.5) is 11.8 Å². The number of benzene rings is 1. The number of hydrogen-bond donors (Lipinski definition) is 2. The lowest BCUT2D eigenvalue weighted by Gasteiger charge is -2.11. The molecular formula is C17H26N4. The molecule has 4 nitrogen and oxygen atoms in total. The molecule has 0 saturated heterocycles. The van der Waals surface area contributed by atoms with E-state index in [1.54, 1.807) is 0 Å². The fourth-order valence-corrected chi connectivity index (χ4v) is 2.85. The quantitative estimate of drug-likeness (QED) is 0.754. The normalized spacial score (nSPS) is 11.1. The number of hydrogen-bond acceptors (Lipinski definition) is 4. The maximum absolute atomic E-state index is 6.01. The van der Waals surface area contributed by atoms with Gasteiger partial charge in [0.25, 0.3) is 0 Å². The van der Waals surface area contributed by atoms with Crippen LogP contribution in [-0.2, 0) is 6.42 Å². The smallest absolute Gasteiger partial charge is 0.222 e. The number of nitrogens with zero attached hydrogens (tertiary/aromatic N) is 2. The first kappa shape index (κ1) is 15.5. The molecule has 0 fully saturated rings. The molecule has 21 heavy (non-hydrogen) atoms. The zero-order valence-electron chi connectivity index (χ0n) is 13.2. The summed E-state index contributed by atoms with van der Waals surface area (Å²) >= 11 is 0. The van der Waals surface area contributed by atoms with Crippen molar-refractivity contribution in [2.75, 3.05) is 11.5 Å². The Morgan fingerprint density at radius 3 is 2.43 bits per heavy atom. The highest BCUT2D eigenvalue weighted by atomic mass is 15.0. The molecule has 0 aliphatic rings. The Hall–Kier alpha value is -1.84. The molecule has 1 heterocycles. The highest BCUT2D eigenvalue weighted by Gasteiger charge is 2.09. The Morgan fingerprint density at radius 2 is 1.67 bits per heavy atom. The van der Waals surface area contributed by atoms with Gasteiger partial charge in [-0.05, 0) is 37.0 Å². The van der Waals surface area contributed by atoms with E-state index in [1.807, 2.05) is 6.07 Å². The Balaban J connectivity index is 2.06. The molecule has 1 aromatic heterocycles. The van der Waals surface area contributed by atoms with Crippen molar-refractivity contribution in [3.05, 3.63) is 23.3 Å². The van der Waals surface area contributed by atoms with Crippen molar-refractivity contribution in [3.63, 3.8) is 0 Å². The number of anilines is 2. The molecule has 0 amide bonds. The van der Waals surface area contributed by atoms with Gasteiger partial charge in [-0.1, -0.05) is 45.1 Å². The summed E-state index contributed by atoms with van der Waals surface area (Å²) in [7, 11) is 0. The summed E-state index contributed by atoms with van der Waals surface area (Å²) in [6, 6.07) is 4.15. The van der Waals surface area contributed by atoms with Crippen LogP contribution in [0, 0.1) is 6.92 Å². The molecule has 2 rings (SSSR count). The van der Waals surface area contributed by atoms with Gasteiger partial charge < -0.3 is 11.5 Å². The molecule has 1 aromatic carbocycles. The van der Waals surface area contributed by atoms with E-state index in [0.29, 0.717) is 5.82 Å². The number of unbranched alkanes of at least 4 members (excludes halogenated alkanes) is 5. The van der Waals surface area contributed by atoms with E-state index < -0.39 is 0 Å². The molecule has 0 saturated carbocycles. The predicted octanol–water partition coefficient (Wildman–Crippen LogP) is 4.01. The molecule has 0 spiro atoms. The molecule has 0 bridgehead atoms. The number of aromatic nitrogens is 2. The second-order valence-electron chi connectivity index (χ2n) is 5.73. The molecule has 0 radical (unpaired) electrons. The third-order valence-electron chi connectivity index (χ3n) is 4.08. The van der Waals surface area contributed by atoms with E-state index in [-0.39, 0.29) is 5.95 Å². The predicted molar refractivity (Wildman–Crippen MR) is 90.2 cm³/mol. The first-order valence-corrected chi connectivity index (χ1v) is 7.94. The Kier molecular flexibility index (Phi) is 5.37. The third-order valence-corrected chi connectivity index (χ3v) is 4.08. The molecule has 0 unspecified atom stereocenters. The Bertz CT molecular complexity index is 607. The lowest BCUT2D eigenvalue weighted by atomic mass is 9.98. The molecule has 4 heteroatoms. The van der Waals surface area contributed by atoms with Crippen LogP contribution in [0.5, 0.6) is 0 Å². The van der Waals surface area contributed by atoms with Crippen molar-refractivity contribution in [2.24, 2.45) is 0 Å². The van der Waals surface area contributed by atoms with Gasteiger partial charge in [-0.3, -0.25) is 0 Å². The fourth-order valence-electron chi connectivity index (χ4n) is 2.85. The minimum absolute atomic E-state index is 0.239. The van der Waals surface area contributed by atoms with Crippen molar-refractivity contribution in [2.45, 2.75) is 58.8 Å². The second-order valence-corrected chi connectivity index (χ2v) is 5.73. The number of aryl methyl sites for hydroxylation is 2. The van der Waals surface area contributed by atoms with Gasteiger partial charge in [0.1, 0.15) is 5.82 Å². The van der Waals surface area contributed by atoms with E-state index >= 15 is 0 Å². The number of fused-ring (bicyclic) bond motifs is 1. The second kappa shape index (κ2) is 7.25. The molecule has 0 aliphatic carbocycles. The SMILES string of the molecule is CCCCCCCCc1ccc2nc(N)nc(N)c2c1C. The van der Waals surface area contributed by atoms with Crippen LogP contribution in [-0.4, -0.2) is 9.97 Å². The van der Waals surface area contributed by atoms with Gasteiger partial charge in [-0.25, -0.2) is 4.98 Å². The van der Waals surface area contributed by atoms with Crippen LogP contribution in [0.3, 0.4) is 0 Å². The van der Waals surface area contributed by atoms with Crippen LogP contribution >= 0.6 is 0 Å². The number of rotatable bonds is 7. The van der Waals surface area contributed by atoms with E-state index in [4.69, 9.17) is 11.5 Å². The van der Waals surface area contributed by atoms with Crippen molar-refractivity contribution in [3.8, 4) is 0 Å². The average Bonchev–Trinajstić information content (AvgIpc) is 2.44. The monoisotopic (exact) mass is 286 g/mol. The maximum atomic E-state index is 6.01. The summed E-state index contributed by atoms with van der Waals surface area (Å²) in [6.07, 6.45) is 8.96. The summed E-state index contributed by atoms with van der Waals surface area (Å²) in [5.41, 5.74) is 15.0. The molecule has 4 N–H and O–H groups in total. The Morgan fingerprint density at radius 1 is 0.952 bits per heavy atom. The van der Waals surface area contributed by atoms with Gasteiger partial charge in [0.05, 0.1) is 5.52 Å². The summed E-state index contributed by atoms with van der Waals surface area (Å²) in [4.78, 5) is 8.33. The van der Waals surface area contributed by atoms with Crippen LogP contribution < -0.4 is 11.5 Å². The largest absolute Gasteiger partial charge is 0.383 e. The molecule has 0 atom stereocenters. The van der Waals surface area contributed by atoms with Gasteiger partial charge in [-0.2, -0.15) is 4.98 Å². The van der Waals surface area contributed by atoms with Gasteiger partial charge in [-0.15, -0.1) is 0 Å². The highest BCUT2D eigenvalue weighted by Crippen LogP contribution is 2.26. The Labute approximate surface area is 127 Å². The molecular weight excluding hydrogens is 260 g/mol. The molecule has 0 aliphatic heterocycles. The van der Waals surface area contributed by atoms with Crippen LogP contribution in [0.25, 0.3) is 10.9 Å². The molecule has 2 aromatic rings. The first-order valence-electron chi connectivity index (χ1n) is 7.94. The fraction of sp³-hybridized carbons (Fsp3) is 0.529. The zero-order chi connectivity index (χ0) is 15.2. The third kappa shape index (κ3) is 3.84. The standard InChI is InChI=1S/C17H26N4/c1-3-4-5-6-7-8-9-13-10-11-14-15(12(13)2)16(18)21-17(19)20-14/h10-11H,3-9H2,1-2H3,(H4,18,19,20,21). The summed E-state index contributed by atoms with van der Waals surface area (Å²) in [6.45, 7) is 4.35. The first-order chi connectivity index (χ1) is 10.1. The van der Waals surface area contributed by atoms with Crippen molar-refractivity contribution >= 4 is 22.7 Å². The summed E-state index contributed by atoms with van der Waals surface area (Å²) in [5.74, 6) is 0.725. The van der Waals surface area contributed by atoms with E-state index in [0.717, 1.165) is 17.3 Å². The molecule has 114 valence electrons. The minimum atomic E-state index is 0.239. The van der Waals surface area contributed by atoms with Crippen LogP contribution in [0.15, 0.2) is 12.1 Å². The zero-order valence-corrected chi connectivity index (χ0v) is 13.2. The summed E-state index contributed by atoms with van der Waals surface area (Å²) < 4.78 is 0. The van der Waals surface area contributed by atoms with Crippen molar-refractivity contribution in [1.29, 1.82) is 0 Å². The minimum Gasteiger partial charge on any atom is -0.383 e. The topological polar surface area (TPSA) is 77.8 Å². The summed E-state index contributed by atoms with van der Waals surface area (Å²) in [5, 5.41) is 0.952. The highest BCUT2D eigenvalue weighted by molar-refractivity contribution is 5.92. The van der Waals surface area contributed by atoms with Gasteiger partial charge in [0, 0.05) is 5.39 Å². The van der Waals surface area contributed by atoms with E-state index in [1.165, 1.54) is 49.7 Å². The van der Waals surface area contributed by atoms with Crippen LogP contribution in [0.1, 0.15) is 56.6 Å². The van der Waals surface area contributed by atoms with E-state index in [2.05, 4.69) is 29.9 Å². The number of nitrogen functional groups attached to an aromatic ring is 2. The van der Waals surface area contributed by atoms with Crippen LogP contribution in [0.2, 0.25) is 0 Å². The van der Waals surface area contributed by atoms with Gasteiger partial charge in [0.15, 0.2) is 0 Å². The maximum Gasteiger partial charge on any atom is 0.222 e. The van der Waals surface area contributed by atoms with Crippen molar-refractivity contribution < 1.29 is 0 Å². The average molecular weight is 286 g/mol. The lowest BCUT2D eigenvalue weighted by Crippen LogP contribution is -2.03. The van der Waals surface area contributed by atoms with Gasteiger partial charge >= 0.3 is 0 Å². The van der Waals surface area contributed by atoms with Gasteiger partial charge in [0.2, 0.25) is 5.95 Å². The number of nitrogens with two attached hydrogens (primary N) is 2.